The van der Waals surface area contributed by atoms with Crippen molar-refractivity contribution in [3.05, 3.63) is 70.8 Å². The van der Waals surface area contributed by atoms with Gasteiger partial charge in [-0.25, -0.2) is 4.79 Å². The quantitative estimate of drug-likeness (QED) is 0.614. The second kappa shape index (κ2) is 5.09. The third-order valence-corrected chi connectivity index (χ3v) is 4.29. The fourth-order valence-corrected chi connectivity index (χ4v) is 3.13. The summed E-state index contributed by atoms with van der Waals surface area (Å²) in [4.78, 5) is 24.8. The normalized spacial score (nSPS) is 22.9. The van der Waals surface area contributed by atoms with Crippen LogP contribution >= 0.6 is 0 Å². The summed E-state index contributed by atoms with van der Waals surface area (Å²) < 4.78 is 5.78. The van der Waals surface area contributed by atoms with Gasteiger partial charge < -0.3 is 4.74 Å². The minimum atomic E-state index is -0.952. The molecule has 3 heteroatoms. The third kappa shape index (κ3) is 2.05. The molecule has 1 atom stereocenters. The van der Waals surface area contributed by atoms with Gasteiger partial charge in [-0.2, -0.15) is 0 Å². The average molecular weight is 294 g/mol. The Morgan fingerprint density at radius 3 is 2.77 bits per heavy atom. The summed E-state index contributed by atoms with van der Waals surface area (Å²) in [5, 5.41) is 0. The van der Waals surface area contributed by atoms with Crippen LogP contribution in [0.2, 0.25) is 0 Å². The lowest BCUT2D eigenvalue weighted by atomic mass is 9.72. The number of Topliss-reactive ketones (excluding diaryl/α,β-unsaturated/α-hetero) is 1. The zero-order chi connectivity index (χ0) is 15.9. The van der Waals surface area contributed by atoms with Gasteiger partial charge in [-0.1, -0.05) is 43.0 Å². The molecule has 1 unspecified atom stereocenters. The molecule has 0 radical (unpaired) electrons. The summed E-state index contributed by atoms with van der Waals surface area (Å²) in [6.07, 6.45) is 5.45. The van der Waals surface area contributed by atoms with Crippen molar-refractivity contribution >= 4 is 11.8 Å². The number of hydrogen-bond acceptors (Lipinski definition) is 3. The van der Waals surface area contributed by atoms with E-state index in [1.807, 2.05) is 37.3 Å². The lowest BCUT2D eigenvalue weighted by molar-refractivity contribution is -0.150. The highest BCUT2D eigenvalue weighted by Crippen LogP contribution is 2.45. The average Bonchev–Trinajstić information content (AvgIpc) is 2.53. The van der Waals surface area contributed by atoms with E-state index in [9.17, 15) is 9.59 Å². The molecule has 22 heavy (non-hydrogen) atoms. The molecule has 1 aromatic rings. The van der Waals surface area contributed by atoms with Crippen molar-refractivity contribution in [1.29, 1.82) is 0 Å². The Balaban J connectivity index is 2.21. The van der Waals surface area contributed by atoms with Gasteiger partial charge in [0.05, 0.1) is 0 Å². The molecule has 2 aliphatic carbocycles. The molecule has 3 nitrogen and oxygen atoms in total. The predicted molar refractivity (Wildman–Crippen MR) is 84.4 cm³/mol. The van der Waals surface area contributed by atoms with Crippen LogP contribution in [0.1, 0.15) is 42.6 Å². The molecule has 0 heterocycles. The number of ketones is 1. The summed E-state index contributed by atoms with van der Waals surface area (Å²) >= 11 is 0. The monoisotopic (exact) mass is 294 g/mol. The molecule has 112 valence electrons. The fraction of sp³-hybridized carbons (Fsp3) is 0.263. The number of hydrogen-bond donors (Lipinski definition) is 0. The number of ether oxygens (including phenoxy) is 1. The zero-order valence-corrected chi connectivity index (χ0v) is 12.8. The van der Waals surface area contributed by atoms with Gasteiger partial charge in [0.15, 0.2) is 11.4 Å². The Labute approximate surface area is 130 Å². The molecule has 3 rings (SSSR count). The van der Waals surface area contributed by atoms with Gasteiger partial charge in [0.2, 0.25) is 0 Å². The second-order valence-corrected chi connectivity index (χ2v) is 5.91. The van der Waals surface area contributed by atoms with Crippen molar-refractivity contribution in [3.8, 4) is 0 Å². The first-order chi connectivity index (χ1) is 10.4. The van der Waals surface area contributed by atoms with Crippen LogP contribution < -0.4 is 0 Å². The number of esters is 1. The largest absolute Gasteiger partial charge is 0.446 e. The van der Waals surface area contributed by atoms with Gasteiger partial charge in [-0.3, -0.25) is 4.79 Å². The Bertz CT molecular complexity index is 752. The molecule has 0 amide bonds. The van der Waals surface area contributed by atoms with Crippen LogP contribution in [0.3, 0.4) is 0 Å². The Morgan fingerprint density at radius 1 is 1.32 bits per heavy atom. The molecule has 0 saturated heterocycles. The van der Waals surface area contributed by atoms with Gasteiger partial charge in [-0.15, -0.1) is 0 Å². The van der Waals surface area contributed by atoms with Crippen molar-refractivity contribution in [3.63, 3.8) is 0 Å². The molecule has 0 aromatic heterocycles. The molecule has 0 spiro atoms. The van der Waals surface area contributed by atoms with E-state index in [-0.39, 0.29) is 5.78 Å². The van der Waals surface area contributed by atoms with Crippen LogP contribution in [0.15, 0.2) is 59.7 Å². The first-order valence-corrected chi connectivity index (χ1v) is 7.38. The highest BCUT2D eigenvalue weighted by Gasteiger charge is 2.44. The van der Waals surface area contributed by atoms with Crippen molar-refractivity contribution in [1.82, 2.24) is 0 Å². The van der Waals surface area contributed by atoms with Gasteiger partial charge in [-0.05, 0) is 26.7 Å². The van der Waals surface area contributed by atoms with Gasteiger partial charge in [0, 0.05) is 27.8 Å². The molecule has 2 aliphatic rings. The molecule has 0 aliphatic heterocycles. The maximum absolute atomic E-state index is 12.7. The molecule has 1 aromatic carbocycles. The van der Waals surface area contributed by atoms with Crippen molar-refractivity contribution in [2.45, 2.75) is 32.3 Å². The van der Waals surface area contributed by atoms with Crippen molar-refractivity contribution in [2.24, 2.45) is 0 Å². The van der Waals surface area contributed by atoms with E-state index in [1.54, 1.807) is 13.0 Å². The summed E-state index contributed by atoms with van der Waals surface area (Å²) in [5.74, 6) is -0.406. The molecular formula is C19H18O3. The lowest BCUT2D eigenvalue weighted by Gasteiger charge is -2.38. The minimum absolute atomic E-state index is 0.0406. The van der Waals surface area contributed by atoms with Crippen LogP contribution in [0.4, 0.5) is 0 Å². The van der Waals surface area contributed by atoms with E-state index in [0.29, 0.717) is 17.6 Å². The summed E-state index contributed by atoms with van der Waals surface area (Å²) in [5.41, 5.74) is 2.29. The minimum Gasteiger partial charge on any atom is -0.446 e. The van der Waals surface area contributed by atoms with Crippen LogP contribution in [-0.4, -0.2) is 11.8 Å². The molecule has 0 fully saturated rings. The summed E-state index contributed by atoms with van der Waals surface area (Å²) in [6, 6.07) is 7.34. The van der Waals surface area contributed by atoms with E-state index in [4.69, 9.17) is 4.74 Å². The SMILES string of the molecule is C=C(C)C(=O)OC1(C)C2=C(CCC=C2)C(=O)c2ccccc21. The van der Waals surface area contributed by atoms with Crippen molar-refractivity contribution in [2.75, 3.05) is 0 Å². The molecule has 0 saturated carbocycles. The third-order valence-electron chi connectivity index (χ3n) is 4.29. The zero-order valence-electron chi connectivity index (χ0n) is 12.8. The van der Waals surface area contributed by atoms with Gasteiger partial charge in [0.25, 0.3) is 0 Å². The van der Waals surface area contributed by atoms with Gasteiger partial charge in [0.1, 0.15) is 0 Å². The van der Waals surface area contributed by atoms with Crippen LogP contribution in [0, 0.1) is 0 Å². The number of carbonyl (C=O) groups excluding carboxylic acids is 2. The van der Waals surface area contributed by atoms with Crippen LogP contribution in [-0.2, 0) is 15.1 Å². The fourth-order valence-electron chi connectivity index (χ4n) is 3.13. The molecule has 0 N–H and O–H groups in total. The number of rotatable bonds is 2. The molecular weight excluding hydrogens is 276 g/mol. The maximum atomic E-state index is 12.7. The summed E-state index contributed by atoms with van der Waals surface area (Å²) in [7, 11) is 0. The number of allylic oxidation sites excluding steroid dienone is 2. The van der Waals surface area contributed by atoms with E-state index in [0.717, 1.165) is 23.1 Å². The van der Waals surface area contributed by atoms with E-state index < -0.39 is 11.6 Å². The second-order valence-electron chi connectivity index (χ2n) is 5.91. The lowest BCUT2D eigenvalue weighted by Crippen LogP contribution is -2.38. The maximum Gasteiger partial charge on any atom is 0.334 e. The van der Waals surface area contributed by atoms with E-state index >= 15 is 0 Å². The Hall–Kier alpha value is -2.42. The van der Waals surface area contributed by atoms with E-state index in [2.05, 4.69) is 6.58 Å². The Morgan fingerprint density at radius 2 is 2.05 bits per heavy atom. The number of fused-ring (bicyclic) bond motifs is 1. The first-order valence-electron chi connectivity index (χ1n) is 7.38. The van der Waals surface area contributed by atoms with Crippen LogP contribution in [0.25, 0.3) is 0 Å². The van der Waals surface area contributed by atoms with Crippen molar-refractivity contribution < 1.29 is 14.3 Å². The summed E-state index contributed by atoms with van der Waals surface area (Å²) in [6.45, 7) is 7.12. The predicted octanol–water partition coefficient (Wildman–Crippen LogP) is 3.86. The topological polar surface area (TPSA) is 43.4 Å². The number of benzene rings is 1. The van der Waals surface area contributed by atoms with Gasteiger partial charge >= 0.3 is 5.97 Å². The highest BCUT2D eigenvalue weighted by atomic mass is 16.6. The Kier molecular flexibility index (Phi) is 3.36. The van der Waals surface area contributed by atoms with E-state index in [1.165, 1.54) is 0 Å². The first kappa shape index (κ1) is 14.5. The smallest absolute Gasteiger partial charge is 0.334 e. The standard InChI is InChI=1S/C19H18O3/c1-12(2)18(21)22-19(3)15-10-6-4-8-13(15)17(20)14-9-5-7-11-16(14)19/h4,6-8,10-11H,1,5,9H2,2-3H3. The number of carbonyl (C=O) groups is 2. The highest BCUT2D eigenvalue weighted by molar-refractivity contribution is 6.12. The van der Waals surface area contributed by atoms with Crippen LogP contribution in [0.5, 0.6) is 0 Å². The molecule has 0 bridgehead atoms.